The number of nitrogens with zero attached hydrogens (tertiary/aromatic N) is 3. The van der Waals surface area contributed by atoms with Crippen molar-refractivity contribution in [2.75, 3.05) is 5.32 Å². The van der Waals surface area contributed by atoms with Gasteiger partial charge in [0.1, 0.15) is 5.75 Å². The van der Waals surface area contributed by atoms with Gasteiger partial charge in [0.25, 0.3) is 0 Å². The van der Waals surface area contributed by atoms with Gasteiger partial charge in [-0.2, -0.15) is 0 Å². The minimum absolute atomic E-state index is 0.0117. The Hall–Kier alpha value is -3.59. The molecular weight excluding hydrogens is 464 g/mol. The molecule has 0 saturated carbocycles. The SMILES string of the molecule is Cc1cnc(NC(=O)Cc2cc(O[C@@H](C)Cc3ccccc3)cc(CN3C(=O)CCCC3=O)n2)s1. The number of hydrogen-bond acceptors (Lipinski definition) is 7. The molecule has 9 heteroatoms. The second-order valence-corrected chi connectivity index (χ2v) is 9.87. The van der Waals surface area contributed by atoms with E-state index in [0.717, 1.165) is 10.4 Å². The lowest BCUT2D eigenvalue weighted by Gasteiger charge is -2.25. The number of amides is 3. The monoisotopic (exact) mass is 492 g/mol. The molecule has 4 rings (SSSR count). The van der Waals surface area contributed by atoms with Crippen LogP contribution < -0.4 is 10.1 Å². The Balaban J connectivity index is 1.52. The highest BCUT2D eigenvalue weighted by Crippen LogP contribution is 2.22. The number of carbonyl (C=O) groups is 3. The molecule has 3 amide bonds. The summed E-state index contributed by atoms with van der Waals surface area (Å²) in [6, 6.07) is 13.5. The fraction of sp³-hybridized carbons (Fsp3) is 0.346. The lowest BCUT2D eigenvalue weighted by Crippen LogP contribution is -2.39. The molecule has 1 aliphatic heterocycles. The second-order valence-electron chi connectivity index (χ2n) is 8.63. The number of thiazole rings is 1. The second kappa shape index (κ2) is 11.2. The van der Waals surface area contributed by atoms with Gasteiger partial charge in [0.05, 0.1) is 30.5 Å². The van der Waals surface area contributed by atoms with Crippen molar-refractivity contribution in [2.45, 2.75) is 58.6 Å². The lowest BCUT2D eigenvalue weighted by atomic mass is 10.1. The zero-order valence-corrected chi connectivity index (χ0v) is 20.6. The number of rotatable bonds is 9. The van der Waals surface area contributed by atoms with Crippen molar-refractivity contribution in [1.82, 2.24) is 14.9 Å². The predicted molar refractivity (Wildman–Crippen MR) is 133 cm³/mol. The fourth-order valence-corrected chi connectivity index (χ4v) is 4.64. The topological polar surface area (TPSA) is 101 Å². The molecule has 1 saturated heterocycles. The summed E-state index contributed by atoms with van der Waals surface area (Å²) in [4.78, 5) is 48.2. The van der Waals surface area contributed by atoms with E-state index in [0.29, 0.717) is 48.0 Å². The maximum absolute atomic E-state index is 12.6. The summed E-state index contributed by atoms with van der Waals surface area (Å²) in [5, 5.41) is 3.32. The molecule has 0 aliphatic carbocycles. The zero-order valence-electron chi connectivity index (χ0n) is 19.8. The normalized spacial score (nSPS) is 14.6. The molecule has 3 heterocycles. The van der Waals surface area contributed by atoms with Crippen LogP contribution in [-0.2, 0) is 33.8 Å². The number of nitrogens with one attached hydrogen (secondary N) is 1. The number of carbonyl (C=O) groups excluding carboxylic acids is 3. The van der Waals surface area contributed by atoms with Gasteiger partial charge in [0.2, 0.25) is 17.7 Å². The van der Waals surface area contributed by atoms with Crippen LogP contribution in [0.1, 0.15) is 48.0 Å². The molecule has 1 aromatic carbocycles. The van der Waals surface area contributed by atoms with E-state index in [4.69, 9.17) is 4.74 Å². The number of imide groups is 1. The van der Waals surface area contributed by atoms with Crippen molar-refractivity contribution in [1.29, 1.82) is 0 Å². The fourth-order valence-electron chi connectivity index (χ4n) is 3.96. The maximum Gasteiger partial charge on any atom is 0.232 e. The first-order valence-electron chi connectivity index (χ1n) is 11.6. The molecule has 8 nitrogen and oxygen atoms in total. The molecule has 1 atom stereocenters. The summed E-state index contributed by atoms with van der Waals surface area (Å²) < 4.78 is 6.18. The van der Waals surface area contributed by atoms with Crippen molar-refractivity contribution in [3.63, 3.8) is 0 Å². The third-order valence-electron chi connectivity index (χ3n) is 5.52. The summed E-state index contributed by atoms with van der Waals surface area (Å²) in [5.41, 5.74) is 2.15. The van der Waals surface area contributed by atoms with Gasteiger partial charge in [0, 0.05) is 42.5 Å². The van der Waals surface area contributed by atoms with E-state index in [2.05, 4.69) is 15.3 Å². The van der Waals surface area contributed by atoms with Crippen LogP contribution in [0, 0.1) is 6.92 Å². The molecule has 182 valence electrons. The summed E-state index contributed by atoms with van der Waals surface area (Å²) in [6.07, 6.45) is 3.55. The van der Waals surface area contributed by atoms with Crippen LogP contribution in [0.2, 0.25) is 0 Å². The van der Waals surface area contributed by atoms with Crippen LogP contribution in [0.25, 0.3) is 0 Å². The molecule has 0 unspecified atom stereocenters. The van der Waals surface area contributed by atoms with Crippen molar-refractivity contribution in [3.8, 4) is 5.75 Å². The molecule has 0 radical (unpaired) electrons. The number of hydrogen-bond donors (Lipinski definition) is 1. The number of ether oxygens (including phenoxy) is 1. The Labute approximate surface area is 208 Å². The molecule has 2 aromatic heterocycles. The van der Waals surface area contributed by atoms with E-state index < -0.39 is 0 Å². The molecule has 1 fully saturated rings. The summed E-state index contributed by atoms with van der Waals surface area (Å²) in [5.74, 6) is -0.115. The Bertz CT molecular complexity index is 1200. The number of aromatic nitrogens is 2. The van der Waals surface area contributed by atoms with Crippen LogP contribution in [0.4, 0.5) is 5.13 Å². The van der Waals surface area contributed by atoms with Crippen molar-refractivity contribution in [3.05, 3.63) is 70.5 Å². The minimum atomic E-state index is -0.252. The van der Waals surface area contributed by atoms with E-state index in [1.165, 1.54) is 16.2 Å². The molecule has 0 spiro atoms. The highest BCUT2D eigenvalue weighted by Gasteiger charge is 2.26. The smallest absolute Gasteiger partial charge is 0.232 e. The number of pyridine rings is 1. The standard InChI is InChI=1S/C26H28N4O4S/c1-17(11-19-7-4-3-5-8-19)34-22-12-20(14-23(31)29-26-27-15-18(2)35-26)28-21(13-22)16-30-24(32)9-6-10-25(30)33/h3-5,7-8,12-13,15,17H,6,9-11,14,16H2,1-2H3,(H,27,29,31)/t17-/m0/s1. The number of aryl methyl sites for hydroxylation is 1. The number of anilines is 1. The third-order valence-corrected chi connectivity index (χ3v) is 6.35. The van der Waals surface area contributed by atoms with Crippen LogP contribution in [0.3, 0.4) is 0 Å². The zero-order chi connectivity index (χ0) is 24.8. The summed E-state index contributed by atoms with van der Waals surface area (Å²) >= 11 is 1.40. The van der Waals surface area contributed by atoms with E-state index in [-0.39, 0.29) is 36.8 Å². The average molecular weight is 493 g/mol. The van der Waals surface area contributed by atoms with Gasteiger partial charge < -0.3 is 10.1 Å². The Morgan fingerprint density at radius 3 is 2.54 bits per heavy atom. The first-order valence-corrected chi connectivity index (χ1v) is 12.4. The van der Waals surface area contributed by atoms with Gasteiger partial charge in [-0.3, -0.25) is 24.3 Å². The van der Waals surface area contributed by atoms with Gasteiger partial charge in [-0.1, -0.05) is 30.3 Å². The van der Waals surface area contributed by atoms with E-state index in [1.54, 1.807) is 18.3 Å². The molecular formula is C26H28N4O4S. The maximum atomic E-state index is 12.6. The van der Waals surface area contributed by atoms with Crippen molar-refractivity contribution in [2.24, 2.45) is 0 Å². The van der Waals surface area contributed by atoms with Crippen LogP contribution in [-0.4, -0.2) is 38.7 Å². The molecule has 35 heavy (non-hydrogen) atoms. The minimum Gasteiger partial charge on any atom is -0.490 e. The van der Waals surface area contributed by atoms with E-state index in [9.17, 15) is 14.4 Å². The first kappa shape index (κ1) is 24.5. The summed E-state index contributed by atoms with van der Waals surface area (Å²) in [6.45, 7) is 3.95. The van der Waals surface area contributed by atoms with E-state index in [1.807, 2.05) is 44.2 Å². The van der Waals surface area contributed by atoms with Gasteiger partial charge in [-0.05, 0) is 25.8 Å². The largest absolute Gasteiger partial charge is 0.490 e. The Morgan fingerprint density at radius 2 is 1.86 bits per heavy atom. The molecule has 1 aliphatic rings. The Morgan fingerprint density at radius 1 is 1.14 bits per heavy atom. The van der Waals surface area contributed by atoms with Gasteiger partial charge in [-0.25, -0.2) is 4.98 Å². The highest BCUT2D eigenvalue weighted by molar-refractivity contribution is 7.15. The quantitative estimate of drug-likeness (QED) is 0.452. The first-order chi connectivity index (χ1) is 16.9. The highest BCUT2D eigenvalue weighted by atomic mass is 32.1. The number of benzene rings is 1. The molecule has 3 aromatic rings. The van der Waals surface area contributed by atoms with Crippen molar-refractivity contribution < 1.29 is 19.1 Å². The third kappa shape index (κ3) is 6.95. The van der Waals surface area contributed by atoms with Crippen molar-refractivity contribution >= 4 is 34.2 Å². The van der Waals surface area contributed by atoms with Gasteiger partial charge in [0.15, 0.2) is 5.13 Å². The predicted octanol–water partition coefficient (Wildman–Crippen LogP) is 4.08. The lowest BCUT2D eigenvalue weighted by molar-refractivity contribution is -0.148. The number of likely N-dealkylation sites (tertiary alicyclic amines) is 1. The van der Waals surface area contributed by atoms with Crippen LogP contribution in [0.15, 0.2) is 48.7 Å². The average Bonchev–Trinajstić information content (AvgIpc) is 3.21. The number of piperidine rings is 1. The van der Waals surface area contributed by atoms with Crippen LogP contribution in [0.5, 0.6) is 5.75 Å². The van der Waals surface area contributed by atoms with Gasteiger partial charge in [-0.15, -0.1) is 11.3 Å². The van der Waals surface area contributed by atoms with Crippen LogP contribution >= 0.6 is 11.3 Å². The Kier molecular flexibility index (Phi) is 7.87. The van der Waals surface area contributed by atoms with E-state index >= 15 is 0 Å². The summed E-state index contributed by atoms with van der Waals surface area (Å²) in [7, 11) is 0. The molecule has 1 N–H and O–H groups in total. The van der Waals surface area contributed by atoms with Gasteiger partial charge >= 0.3 is 0 Å². The molecule has 0 bridgehead atoms.